The van der Waals surface area contributed by atoms with Crippen molar-refractivity contribution in [2.45, 2.75) is 39.7 Å². The molecule has 1 heterocycles. The Hall–Kier alpha value is -2.21. The van der Waals surface area contributed by atoms with Gasteiger partial charge in [-0.25, -0.2) is 4.79 Å². The third kappa shape index (κ3) is 5.63. The van der Waals surface area contributed by atoms with E-state index in [-0.39, 0.29) is 5.76 Å². The maximum absolute atomic E-state index is 12.5. The molecule has 0 fully saturated rings. The molecule has 2 aromatic rings. The molecular formula is C21H27NO4S. The molecule has 0 aliphatic rings. The number of hydrogen-bond donors (Lipinski definition) is 1. The maximum atomic E-state index is 12.5. The molecule has 2 rings (SSSR count). The fourth-order valence-electron chi connectivity index (χ4n) is 3.11. The van der Waals surface area contributed by atoms with Gasteiger partial charge in [-0.05, 0) is 68.0 Å². The van der Waals surface area contributed by atoms with Crippen molar-refractivity contribution in [3.8, 4) is 0 Å². The largest absolute Gasteiger partial charge is 0.467 e. The summed E-state index contributed by atoms with van der Waals surface area (Å²) in [5, 5.41) is 2.71. The SMILES string of the molecule is COC(=O)C(CCSC)NC(=O)c1ccc(Cc2c(C)cc(C)cc2C)o1. The standard InChI is InChI=1S/C21H27NO4S/c1-13-10-14(2)17(15(3)11-13)12-16-6-7-19(26-16)20(23)22-18(8-9-27-5)21(24)25-4/h6-7,10-11,18H,8-9,12H2,1-5H3,(H,22,23). The van der Waals surface area contributed by atoms with Crippen molar-refractivity contribution in [1.29, 1.82) is 0 Å². The van der Waals surface area contributed by atoms with E-state index in [0.717, 1.165) is 5.75 Å². The molecule has 1 amide bonds. The summed E-state index contributed by atoms with van der Waals surface area (Å²) in [6.45, 7) is 6.24. The number of carbonyl (C=O) groups excluding carboxylic acids is 2. The van der Waals surface area contributed by atoms with Crippen molar-refractivity contribution in [2.75, 3.05) is 19.1 Å². The lowest BCUT2D eigenvalue weighted by molar-refractivity contribution is -0.142. The van der Waals surface area contributed by atoms with Crippen molar-refractivity contribution < 1.29 is 18.7 Å². The first-order chi connectivity index (χ1) is 12.8. The Morgan fingerprint density at radius 2 is 1.85 bits per heavy atom. The number of methoxy groups -OCH3 is 1. The number of hydrogen-bond acceptors (Lipinski definition) is 5. The Bertz CT molecular complexity index is 789. The van der Waals surface area contributed by atoms with Crippen molar-refractivity contribution in [2.24, 2.45) is 0 Å². The average molecular weight is 390 g/mol. The van der Waals surface area contributed by atoms with Crippen LogP contribution < -0.4 is 5.32 Å². The van der Waals surface area contributed by atoms with Gasteiger partial charge >= 0.3 is 5.97 Å². The van der Waals surface area contributed by atoms with Crippen LogP contribution in [0.4, 0.5) is 0 Å². The van der Waals surface area contributed by atoms with Crippen molar-refractivity contribution in [1.82, 2.24) is 5.32 Å². The lowest BCUT2D eigenvalue weighted by Gasteiger charge is -2.15. The summed E-state index contributed by atoms with van der Waals surface area (Å²) in [7, 11) is 1.32. The zero-order valence-electron chi connectivity index (χ0n) is 16.5. The highest BCUT2D eigenvalue weighted by Gasteiger charge is 2.23. The molecule has 1 N–H and O–H groups in total. The molecule has 146 valence electrons. The molecule has 0 spiro atoms. The van der Waals surface area contributed by atoms with Gasteiger partial charge < -0.3 is 14.5 Å². The number of carbonyl (C=O) groups is 2. The molecule has 0 bridgehead atoms. The van der Waals surface area contributed by atoms with Gasteiger partial charge in [0.15, 0.2) is 5.76 Å². The van der Waals surface area contributed by atoms with Gasteiger partial charge in [0.2, 0.25) is 0 Å². The zero-order chi connectivity index (χ0) is 20.0. The smallest absolute Gasteiger partial charge is 0.328 e. The summed E-state index contributed by atoms with van der Waals surface area (Å²) >= 11 is 1.61. The van der Waals surface area contributed by atoms with Crippen LogP contribution in [-0.2, 0) is 16.0 Å². The Labute approximate surface area is 164 Å². The van der Waals surface area contributed by atoms with Gasteiger partial charge in [-0.3, -0.25) is 4.79 Å². The second kappa shape index (κ2) is 9.65. The molecule has 5 nitrogen and oxygen atoms in total. The molecule has 0 aliphatic carbocycles. The van der Waals surface area contributed by atoms with Gasteiger partial charge in [0.25, 0.3) is 5.91 Å². The molecule has 0 radical (unpaired) electrons. The lowest BCUT2D eigenvalue weighted by atomic mass is 9.97. The summed E-state index contributed by atoms with van der Waals surface area (Å²) in [6.07, 6.45) is 3.08. The van der Waals surface area contributed by atoms with E-state index in [1.165, 1.54) is 29.4 Å². The van der Waals surface area contributed by atoms with Gasteiger partial charge in [0, 0.05) is 6.42 Å². The second-order valence-corrected chi connectivity index (χ2v) is 7.64. The average Bonchev–Trinajstić information content (AvgIpc) is 3.09. The molecule has 1 aromatic carbocycles. The summed E-state index contributed by atoms with van der Waals surface area (Å²) < 4.78 is 10.5. The second-order valence-electron chi connectivity index (χ2n) is 6.65. The third-order valence-corrected chi connectivity index (χ3v) is 5.12. The Morgan fingerprint density at radius 3 is 2.44 bits per heavy atom. The van der Waals surface area contributed by atoms with Crippen LogP contribution in [0.5, 0.6) is 0 Å². The fraction of sp³-hybridized carbons (Fsp3) is 0.429. The van der Waals surface area contributed by atoms with Gasteiger partial charge in [-0.2, -0.15) is 11.8 Å². The summed E-state index contributed by atoms with van der Waals surface area (Å²) in [5.74, 6) is 0.805. The Morgan fingerprint density at radius 1 is 1.19 bits per heavy atom. The van der Waals surface area contributed by atoms with Crippen LogP contribution >= 0.6 is 11.8 Å². The van der Waals surface area contributed by atoms with Crippen molar-refractivity contribution in [3.63, 3.8) is 0 Å². The Kier molecular flexibility index (Phi) is 7.54. The highest BCUT2D eigenvalue weighted by atomic mass is 32.2. The Balaban J connectivity index is 2.10. The number of thioether (sulfide) groups is 1. The number of esters is 1. The number of amides is 1. The summed E-state index contributed by atoms with van der Waals surface area (Å²) in [5.41, 5.74) is 4.84. The van der Waals surface area contributed by atoms with E-state index < -0.39 is 17.9 Å². The molecular weight excluding hydrogens is 362 g/mol. The van der Waals surface area contributed by atoms with Crippen LogP contribution in [0.3, 0.4) is 0 Å². The predicted molar refractivity (Wildman–Crippen MR) is 108 cm³/mol. The van der Waals surface area contributed by atoms with E-state index in [2.05, 4.69) is 38.2 Å². The van der Waals surface area contributed by atoms with Crippen LogP contribution in [0.2, 0.25) is 0 Å². The highest BCUT2D eigenvalue weighted by Crippen LogP contribution is 2.21. The van der Waals surface area contributed by atoms with Crippen LogP contribution in [0.25, 0.3) is 0 Å². The van der Waals surface area contributed by atoms with Crippen LogP contribution in [0, 0.1) is 20.8 Å². The van der Waals surface area contributed by atoms with E-state index in [1.807, 2.05) is 12.3 Å². The summed E-state index contributed by atoms with van der Waals surface area (Å²) in [4.78, 5) is 24.3. The van der Waals surface area contributed by atoms with Gasteiger partial charge in [-0.15, -0.1) is 0 Å². The van der Waals surface area contributed by atoms with E-state index in [1.54, 1.807) is 17.8 Å². The molecule has 6 heteroatoms. The minimum Gasteiger partial charge on any atom is -0.467 e. The third-order valence-electron chi connectivity index (χ3n) is 4.48. The van der Waals surface area contributed by atoms with Gasteiger partial charge in [0.1, 0.15) is 11.8 Å². The maximum Gasteiger partial charge on any atom is 0.328 e. The normalized spacial score (nSPS) is 11.9. The van der Waals surface area contributed by atoms with Crippen LogP contribution in [-0.4, -0.2) is 37.0 Å². The van der Waals surface area contributed by atoms with E-state index in [9.17, 15) is 9.59 Å². The highest BCUT2D eigenvalue weighted by molar-refractivity contribution is 7.98. The number of rotatable bonds is 8. The molecule has 1 unspecified atom stereocenters. The molecule has 27 heavy (non-hydrogen) atoms. The number of nitrogens with one attached hydrogen (secondary N) is 1. The number of benzene rings is 1. The van der Waals surface area contributed by atoms with Gasteiger partial charge in [-0.1, -0.05) is 17.7 Å². The monoisotopic (exact) mass is 389 g/mol. The first-order valence-corrected chi connectivity index (χ1v) is 10.3. The molecule has 0 saturated heterocycles. The molecule has 1 atom stereocenters. The predicted octanol–water partition coefficient (Wildman–Crippen LogP) is 3.82. The number of aryl methyl sites for hydroxylation is 3. The molecule has 0 aliphatic heterocycles. The lowest BCUT2D eigenvalue weighted by Crippen LogP contribution is -2.41. The van der Waals surface area contributed by atoms with Crippen LogP contribution in [0.15, 0.2) is 28.7 Å². The fourth-order valence-corrected chi connectivity index (χ4v) is 3.59. The van der Waals surface area contributed by atoms with Crippen molar-refractivity contribution >= 4 is 23.6 Å². The first-order valence-electron chi connectivity index (χ1n) is 8.88. The number of ether oxygens (including phenoxy) is 1. The minimum atomic E-state index is -0.676. The number of furan rings is 1. The minimum absolute atomic E-state index is 0.200. The topological polar surface area (TPSA) is 68.5 Å². The van der Waals surface area contributed by atoms with E-state index in [0.29, 0.717) is 18.6 Å². The summed E-state index contributed by atoms with van der Waals surface area (Å²) in [6, 6.07) is 7.07. The molecule has 0 saturated carbocycles. The molecule has 1 aromatic heterocycles. The van der Waals surface area contributed by atoms with Gasteiger partial charge in [0.05, 0.1) is 7.11 Å². The van der Waals surface area contributed by atoms with E-state index in [4.69, 9.17) is 9.15 Å². The first kappa shape index (κ1) is 21.1. The van der Waals surface area contributed by atoms with Crippen LogP contribution in [0.1, 0.15) is 45.0 Å². The quantitative estimate of drug-likeness (QED) is 0.695. The van der Waals surface area contributed by atoms with E-state index >= 15 is 0 Å². The zero-order valence-corrected chi connectivity index (χ0v) is 17.4. The van der Waals surface area contributed by atoms with Crippen molar-refractivity contribution in [3.05, 3.63) is 58.0 Å².